The number of ether oxygens (including phenoxy) is 2. The molecule has 1 spiro atoms. The lowest BCUT2D eigenvalue weighted by atomic mass is 9.70. The fraction of sp³-hybridized carbons (Fsp3) is 0.227. The van der Waals surface area contributed by atoms with Crippen LogP contribution < -0.4 is 0 Å². The van der Waals surface area contributed by atoms with Gasteiger partial charge in [0.25, 0.3) is 0 Å². The zero-order valence-corrected chi connectivity index (χ0v) is 14.6. The van der Waals surface area contributed by atoms with E-state index in [9.17, 15) is 4.79 Å². The summed E-state index contributed by atoms with van der Waals surface area (Å²) in [6, 6.07) is 7.53. The molecule has 0 aliphatic carbocycles. The predicted molar refractivity (Wildman–Crippen MR) is 98.9 cm³/mol. The molecule has 25 heavy (non-hydrogen) atoms. The van der Waals surface area contributed by atoms with E-state index in [0.29, 0.717) is 11.3 Å². The summed E-state index contributed by atoms with van der Waals surface area (Å²) in [7, 11) is 0. The van der Waals surface area contributed by atoms with E-state index in [1.807, 2.05) is 56.4 Å². The maximum Gasteiger partial charge on any atom is 0.339 e. The molecule has 0 radical (unpaired) electrons. The third kappa shape index (κ3) is 2.39. The van der Waals surface area contributed by atoms with Crippen molar-refractivity contribution in [3.63, 3.8) is 0 Å². The van der Waals surface area contributed by atoms with E-state index >= 15 is 0 Å². The number of hydrogen-bond donors (Lipinski definition) is 0. The molecule has 0 saturated carbocycles. The summed E-state index contributed by atoms with van der Waals surface area (Å²) in [5.41, 5.74) is 1.29. The van der Waals surface area contributed by atoms with Crippen molar-refractivity contribution < 1.29 is 14.3 Å². The Bertz CT molecular complexity index is 812. The SMILES string of the molecule is C=C/C=C1\C(=C/C)OC(C=C)C(/C=C\C)C12OC(=O)c1ccccc12. The normalized spacial score (nSPS) is 31.2. The van der Waals surface area contributed by atoms with Gasteiger partial charge in [0, 0.05) is 11.1 Å². The van der Waals surface area contributed by atoms with Crippen LogP contribution in [0.5, 0.6) is 0 Å². The molecule has 3 nitrogen and oxygen atoms in total. The lowest BCUT2D eigenvalue weighted by Crippen LogP contribution is -2.48. The Balaban J connectivity index is 2.37. The molecule has 128 valence electrons. The third-order valence-electron chi connectivity index (χ3n) is 4.73. The van der Waals surface area contributed by atoms with E-state index in [1.54, 1.807) is 18.2 Å². The molecule has 3 heteroatoms. The van der Waals surface area contributed by atoms with Crippen LogP contribution in [0.25, 0.3) is 0 Å². The van der Waals surface area contributed by atoms with E-state index in [2.05, 4.69) is 13.2 Å². The van der Waals surface area contributed by atoms with Crippen molar-refractivity contribution in [3.05, 3.63) is 96.3 Å². The quantitative estimate of drug-likeness (QED) is 0.586. The second-order valence-electron chi connectivity index (χ2n) is 6.01. The first-order valence-electron chi connectivity index (χ1n) is 8.38. The fourth-order valence-corrected chi connectivity index (χ4v) is 3.76. The molecule has 2 aliphatic heterocycles. The number of rotatable bonds is 3. The lowest BCUT2D eigenvalue weighted by molar-refractivity contribution is -0.0631. The Hall–Kier alpha value is -2.81. The minimum Gasteiger partial charge on any atom is -0.485 e. The van der Waals surface area contributed by atoms with Crippen molar-refractivity contribution >= 4 is 5.97 Å². The summed E-state index contributed by atoms with van der Waals surface area (Å²) in [4.78, 5) is 12.6. The van der Waals surface area contributed by atoms with E-state index in [4.69, 9.17) is 9.47 Å². The molecule has 3 rings (SSSR count). The van der Waals surface area contributed by atoms with Gasteiger partial charge >= 0.3 is 5.97 Å². The van der Waals surface area contributed by atoms with Crippen LogP contribution in [-0.2, 0) is 15.1 Å². The molecule has 0 N–H and O–H groups in total. The van der Waals surface area contributed by atoms with Crippen molar-refractivity contribution in [3.8, 4) is 0 Å². The number of benzene rings is 1. The van der Waals surface area contributed by atoms with Crippen molar-refractivity contribution in [2.45, 2.75) is 25.6 Å². The third-order valence-corrected chi connectivity index (χ3v) is 4.73. The van der Waals surface area contributed by atoms with Crippen molar-refractivity contribution in [1.82, 2.24) is 0 Å². The standard InChI is InChI=1S/C22H22O3/c1-5-11-17-19(7-3)24-20(8-4)18(12-6-2)22(17)16-14-10-9-13-15(16)21(23)25-22/h5-14,18,20H,1,4H2,2-3H3/b12-6-,17-11+,19-7+. The molecule has 1 saturated heterocycles. The first-order valence-corrected chi connectivity index (χ1v) is 8.38. The van der Waals surface area contributed by atoms with Gasteiger partial charge in [0.2, 0.25) is 0 Å². The highest BCUT2D eigenvalue weighted by Gasteiger charge is 2.58. The van der Waals surface area contributed by atoms with Crippen LogP contribution in [0.15, 0.2) is 85.2 Å². The zero-order valence-electron chi connectivity index (χ0n) is 14.6. The average molecular weight is 334 g/mol. The van der Waals surface area contributed by atoms with Crippen LogP contribution >= 0.6 is 0 Å². The van der Waals surface area contributed by atoms with E-state index in [-0.39, 0.29) is 18.0 Å². The molecule has 0 amide bonds. The zero-order chi connectivity index (χ0) is 18.0. The highest BCUT2D eigenvalue weighted by Crippen LogP contribution is 2.55. The van der Waals surface area contributed by atoms with E-state index in [0.717, 1.165) is 11.1 Å². The Morgan fingerprint density at radius 3 is 2.60 bits per heavy atom. The van der Waals surface area contributed by atoms with Gasteiger partial charge in [-0.05, 0) is 26.0 Å². The monoisotopic (exact) mass is 334 g/mol. The smallest absolute Gasteiger partial charge is 0.339 e. The Morgan fingerprint density at radius 2 is 1.96 bits per heavy atom. The van der Waals surface area contributed by atoms with E-state index < -0.39 is 5.60 Å². The summed E-state index contributed by atoms with van der Waals surface area (Å²) in [5.74, 6) is 0.132. The topological polar surface area (TPSA) is 35.5 Å². The second kappa shape index (κ2) is 6.60. The van der Waals surface area contributed by atoms with Gasteiger partial charge < -0.3 is 9.47 Å². The molecule has 0 bridgehead atoms. The van der Waals surface area contributed by atoms with Crippen LogP contribution in [0, 0.1) is 5.92 Å². The number of carbonyl (C=O) groups is 1. The molecule has 1 fully saturated rings. The van der Waals surface area contributed by atoms with Crippen LogP contribution in [-0.4, -0.2) is 12.1 Å². The molecule has 0 aromatic heterocycles. The number of esters is 1. The van der Waals surface area contributed by atoms with Crippen LogP contribution in [0.1, 0.15) is 29.8 Å². The molecule has 2 aliphatic rings. The largest absolute Gasteiger partial charge is 0.485 e. The summed E-state index contributed by atoms with van der Waals surface area (Å²) in [6.07, 6.45) is 10.9. The number of carbonyl (C=O) groups excluding carboxylic acids is 1. The Morgan fingerprint density at radius 1 is 1.20 bits per heavy atom. The minimum atomic E-state index is -0.951. The number of hydrogen-bond acceptors (Lipinski definition) is 3. The molecule has 2 heterocycles. The first-order chi connectivity index (χ1) is 12.1. The van der Waals surface area contributed by atoms with Gasteiger partial charge in [-0.2, -0.15) is 0 Å². The van der Waals surface area contributed by atoms with Gasteiger partial charge in [-0.3, -0.25) is 0 Å². The highest BCUT2D eigenvalue weighted by molar-refractivity contribution is 5.96. The van der Waals surface area contributed by atoms with Gasteiger partial charge in [0.15, 0.2) is 5.60 Å². The van der Waals surface area contributed by atoms with Crippen molar-refractivity contribution in [2.24, 2.45) is 5.92 Å². The van der Waals surface area contributed by atoms with E-state index in [1.165, 1.54) is 0 Å². The number of allylic oxidation sites excluding steroid dienone is 4. The van der Waals surface area contributed by atoms with Crippen LogP contribution in [0.3, 0.4) is 0 Å². The molecule has 1 aromatic rings. The summed E-state index contributed by atoms with van der Waals surface area (Å²) in [6.45, 7) is 11.6. The summed E-state index contributed by atoms with van der Waals surface area (Å²) >= 11 is 0. The van der Waals surface area contributed by atoms with Crippen molar-refractivity contribution in [1.29, 1.82) is 0 Å². The van der Waals surface area contributed by atoms with Gasteiger partial charge in [-0.25, -0.2) is 4.79 Å². The number of fused-ring (bicyclic) bond motifs is 2. The molecule has 3 unspecified atom stereocenters. The lowest BCUT2D eigenvalue weighted by Gasteiger charge is -2.45. The van der Waals surface area contributed by atoms with Gasteiger partial charge in [0.1, 0.15) is 11.9 Å². The van der Waals surface area contributed by atoms with Gasteiger partial charge in [-0.1, -0.05) is 61.7 Å². The predicted octanol–water partition coefficient (Wildman–Crippen LogP) is 4.85. The maximum atomic E-state index is 12.6. The minimum absolute atomic E-state index is 0.225. The fourth-order valence-electron chi connectivity index (χ4n) is 3.76. The maximum absolute atomic E-state index is 12.6. The Labute approximate surface area is 148 Å². The summed E-state index contributed by atoms with van der Waals surface area (Å²) < 4.78 is 12.2. The van der Waals surface area contributed by atoms with Crippen LogP contribution in [0.2, 0.25) is 0 Å². The molecular formula is C22H22O3. The molecular weight excluding hydrogens is 312 g/mol. The first kappa shape index (κ1) is 17.0. The molecule has 1 aromatic carbocycles. The van der Waals surface area contributed by atoms with Crippen LogP contribution in [0.4, 0.5) is 0 Å². The molecule has 3 atom stereocenters. The Kier molecular flexibility index (Phi) is 4.49. The van der Waals surface area contributed by atoms with Crippen molar-refractivity contribution in [2.75, 3.05) is 0 Å². The van der Waals surface area contributed by atoms with Gasteiger partial charge in [0.05, 0.1) is 11.5 Å². The summed E-state index contributed by atoms with van der Waals surface area (Å²) in [5, 5.41) is 0. The van der Waals surface area contributed by atoms with Gasteiger partial charge in [-0.15, -0.1) is 0 Å². The second-order valence-corrected chi connectivity index (χ2v) is 6.01. The average Bonchev–Trinajstić information content (AvgIpc) is 2.93. The highest BCUT2D eigenvalue weighted by atomic mass is 16.6.